The lowest BCUT2D eigenvalue weighted by molar-refractivity contribution is -0.275. The van der Waals surface area contributed by atoms with Crippen molar-refractivity contribution in [2.45, 2.75) is 19.1 Å². The molecule has 0 saturated carbocycles. The summed E-state index contributed by atoms with van der Waals surface area (Å²) in [6.07, 6.45) is -8.74. The zero-order chi connectivity index (χ0) is 40.0. The highest BCUT2D eigenvalue weighted by atomic mass is 127. The Bertz CT molecular complexity index is 2250. The predicted molar refractivity (Wildman–Crippen MR) is 273 cm³/mol. The van der Waals surface area contributed by atoms with E-state index in [0.29, 0.717) is 0 Å². The molecule has 2 nitrogen and oxygen atoms in total. The fourth-order valence-electron chi connectivity index (χ4n) is 5.71. The van der Waals surface area contributed by atoms with Crippen LogP contribution in [-0.2, 0) is 6.42 Å². The molecule has 6 rings (SSSR count). The van der Waals surface area contributed by atoms with Crippen molar-refractivity contribution in [3.8, 4) is 56.0 Å². The first-order valence-corrected chi connectivity index (χ1v) is 24.1. The maximum absolute atomic E-state index is 12.7. The molecule has 16 heteroatoms. The molecule has 0 saturated heterocycles. The second-order valence-corrected chi connectivity index (χ2v) is 20.3. The lowest BCUT2D eigenvalue weighted by Gasteiger charge is -2.18. The van der Waals surface area contributed by atoms with Crippen molar-refractivity contribution in [3.05, 3.63) is 137 Å². The van der Waals surface area contributed by atoms with Crippen LogP contribution in [0.3, 0.4) is 0 Å². The van der Waals surface area contributed by atoms with Crippen LogP contribution < -0.4 is 9.47 Å². The number of rotatable bonds is 8. The number of alkyl halides is 6. The molecule has 0 spiro atoms. The third-order valence-electron chi connectivity index (χ3n) is 8.25. The van der Waals surface area contributed by atoms with Crippen molar-refractivity contribution in [1.82, 2.24) is 0 Å². The van der Waals surface area contributed by atoms with Crippen LogP contribution in [-0.4, -0.2) is 12.7 Å². The van der Waals surface area contributed by atoms with Gasteiger partial charge in [0.15, 0.2) is 0 Å². The van der Waals surface area contributed by atoms with Crippen LogP contribution in [0, 0.1) is 28.6 Å². The van der Waals surface area contributed by atoms with Crippen molar-refractivity contribution in [2.24, 2.45) is 0 Å². The van der Waals surface area contributed by atoms with Crippen LogP contribution in [0.1, 0.15) is 11.1 Å². The highest BCUT2D eigenvalue weighted by Crippen LogP contribution is 2.42. The van der Waals surface area contributed by atoms with Gasteiger partial charge >= 0.3 is 12.7 Å². The number of ether oxygens (including phenoxy) is 2. The Morgan fingerprint density at radius 2 is 0.582 bits per heavy atom. The van der Waals surface area contributed by atoms with Gasteiger partial charge in [0.05, 0.1) is 0 Å². The largest absolute Gasteiger partial charge is 0.573 e. The summed E-state index contributed by atoms with van der Waals surface area (Å²) in [5.41, 5.74) is 10.2. The van der Waals surface area contributed by atoms with Gasteiger partial charge in [0, 0.05) is 28.6 Å². The van der Waals surface area contributed by atoms with Crippen molar-refractivity contribution < 1.29 is 35.8 Å². The molecule has 0 bridgehead atoms. The first kappa shape index (κ1) is 44.9. The van der Waals surface area contributed by atoms with Crippen molar-refractivity contribution in [3.63, 3.8) is 0 Å². The lowest BCUT2D eigenvalue weighted by atomic mass is 9.96. The van der Waals surface area contributed by atoms with Gasteiger partial charge in [-0.15, -0.1) is 26.3 Å². The third-order valence-corrected chi connectivity index (χ3v) is 21.6. The van der Waals surface area contributed by atoms with Gasteiger partial charge < -0.3 is 9.47 Å². The van der Waals surface area contributed by atoms with Crippen molar-refractivity contribution >= 4 is 181 Å². The van der Waals surface area contributed by atoms with E-state index in [1.54, 1.807) is 24.3 Å². The zero-order valence-electron chi connectivity index (χ0n) is 27.1. The van der Waals surface area contributed by atoms with Gasteiger partial charge in [-0.1, -0.05) is 72.8 Å². The Labute approximate surface area is 421 Å². The Balaban J connectivity index is 1.23. The molecule has 0 aliphatic rings. The first-order valence-electron chi connectivity index (χ1n) is 15.5. The van der Waals surface area contributed by atoms with E-state index in [2.05, 4.69) is 227 Å². The molecule has 284 valence electrons. The molecule has 0 amide bonds. The molecule has 0 fully saturated rings. The molecule has 0 unspecified atom stereocenters. The van der Waals surface area contributed by atoms with Gasteiger partial charge in [-0.3, -0.25) is 0 Å². The summed E-state index contributed by atoms with van der Waals surface area (Å²) in [5.74, 6) is -0.514. The van der Waals surface area contributed by atoms with E-state index in [4.69, 9.17) is 0 Å². The first-order chi connectivity index (χ1) is 25.8. The normalized spacial score (nSPS) is 11.9. The monoisotopic (exact) mass is 1650 g/mol. The van der Waals surface area contributed by atoms with Crippen LogP contribution in [0.5, 0.6) is 11.5 Å². The van der Waals surface area contributed by atoms with Gasteiger partial charge in [-0.2, -0.15) is 0 Å². The van der Waals surface area contributed by atoms with E-state index in [-0.39, 0.29) is 11.5 Å². The Morgan fingerprint density at radius 3 is 0.891 bits per heavy atom. The maximum Gasteiger partial charge on any atom is 0.573 e. The van der Waals surface area contributed by atoms with E-state index in [0.717, 1.165) is 72.3 Å². The minimum Gasteiger partial charge on any atom is -0.406 e. The van der Waals surface area contributed by atoms with Crippen LogP contribution in [0.25, 0.3) is 44.5 Å². The zero-order valence-corrected chi connectivity index (χ0v) is 44.3. The molecular weight excluding hydrogens is 1630 g/mol. The summed E-state index contributed by atoms with van der Waals surface area (Å²) in [5, 5.41) is 0. The lowest BCUT2D eigenvalue weighted by Crippen LogP contribution is -2.16. The van der Waals surface area contributed by atoms with Crippen molar-refractivity contribution in [2.75, 3.05) is 0 Å². The van der Waals surface area contributed by atoms with E-state index in [1.807, 2.05) is 12.1 Å². The van der Waals surface area contributed by atoms with Gasteiger partial charge in [0.1, 0.15) is 11.5 Å². The molecule has 6 aromatic carbocycles. The average Bonchev–Trinajstić information content (AvgIpc) is 3.11. The number of hydrogen-bond acceptors (Lipinski definition) is 2. The minimum absolute atomic E-state index is 0.257. The molecule has 0 aromatic heterocycles. The summed E-state index contributed by atoms with van der Waals surface area (Å²) in [7, 11) is 0. The Morgan fingerprint density at radius 1 is 0.327 bits per heavy atom. The average molecular weight is 1650 g/mol. The SMILES string of the molecule is FC(F)(F)Oc1ccc(-c2ccc(-c3ccc(Cc4ccc(-c5ccc(-c6ccc(OC(F)(F)F)cc6)c(I)c5I)c(I)c4I)c(I)c3I)c(I)c2I)cc1. The molecule has 0 aliphatic carbocycles. The molecular formula is C39H18F6I8O2. The minimum atomic E-state index is -4.74. The number of benzene rings is 6. The quantitative estimate of drug-likeness (QED) is 0.112. The summed E-state index contributed by atoms with van der Waals surface area (Å²) < 4.78 is 92.7. The molecule has 55 heavy (non-hydrogen) atoms. The molecule has 0 atom stereocenters. The van der Waals surface area contributed by atoms with E-state index in [1.165, 1.54) is 42.5 Å². The van der Waals surface area contributed by atoms with Gasteiger partial charge in [-0.25, -0.2) is 0 Å². The van der Waals surface area contributed by atoms with Gasteiger partial charge in [-0.05, 0) is 267 Å². The molecule has 0 aliphatic heterocycles. The molecule has 0 N–H and O–H groups in total. The molecule has 0 heterocycles. The Kier molecular flexibility index (Phi) is 15.1. The third kappa shape index (κ3) is 10.6. The highest BCUT2D eigenvalue weighted by molar-refractivity contribution is 14.1. The van der Waals surface area contributed by atoms with E-state index >= 15 is 0 Å². The predicted octanol–water partition coefficient (Wildman–Crippen LogP) is 16.6. The van der Waals surface area contributed by atoms with E-state index in [9.17, 15) is 26.3 Å². The van der Waals surface area contributed by atoms with Gasteiger partial charge in [0.2, 0.25) is 0 Å². The summed E-state index contributed by atoms with van der Waals surface area (Å²) in [6, 6.07) is 28.6. The van der Waals surface area contributed by atoms with Crippen LogP contribution in [0.4, 0.5) is 26.3 Å². The maximum atomic E-state index is 12.7. The topological polar surface area (TPSA) is 18.5 Å². The second kappa shape index (κ2) is 18.5. The van der Waals surface area contributed by atoms with Gasteiger partial charge in [0.25, 0.3) is 0 Å². The molecule has 6 aromatic rings. The second-order valence-electron chi connectivity index (χ2n) is 11.7. The van der Waals surface area contributed by atoms with E-state index < -0.39 is 12.7 Å². The summed E-state index contributed by atoms with van der Waals surface area (Å²) >= 11 is 19.0. The van der Waals surface area contributed by atoms with Crippen LogP contribution in [0.2, 0.25) is 0 Å². The standard InChI is InChI=1S/C39H18F6I8O2/c40-38(41,42)54-22-7-1-18(2-8-22)24-13-15-28(36(52)32(24)48)26-11-5-20(30(46)34(26)50)17-21-6-12-27(35(51)31(21)47)29-16-14-25(33(49)37(29)53)19-3-9-23(10-4-19)55-39(43,44)45/h1-16H,17H2. The smallest absolute Gasteiger partial charge is 0.406 e. The summed E-state index contributed by atoms with van der Waals surface area (Å²) in [4.78, 5) is 0. The highest BCUT2D eigenvalue weighted by Gasteiger charge is 2.32. The van der Waals surface area contributed by atoms with Crippen LogP contribution in [0.15, 0.2) is 97.1 Å². The fraction of sp³-hybridized carbons (Fsp3) is 0.0769. The number of hydrogen-bond donors (Lipinski definition) is 0. The number of halogens is 14. The summed E-state index contributed by atoms with van der Waals surface area (Å²) in [6.45, 7) is 0. The Hall–Kier alpha value is 0.340. The van der Waals surface area contributed by atoms with Crippen molar-refractivity contribution in [1.29, 1.82) is 0 Å². The fourth-order valence-corrected chi connectivity index (χ4v) is 11.7. The molecule has 0 radical (unpaired) electrons. The van der Waals surface area contributed by atoms with Crippen LogP contribution >= 0.6 is 181 Å².